The lowest BCUT2D eigenvalue weighted by molar-refractivity contribution is 0.0591. The van der Waals surface area contributed by atoms with Crippen LogP contribution in [-0.4, -0.2) is 44.6 Å². The molecule has 0 unspecified atom stereocenters. The number of hydrogen-bond acceptors (Lipinski definition) is 6. The summed E-state index contributed by atoms with van der Waals surface area (Å²) in [5, 5.41) is 4.39. The Morgan fingerprint density at radius 1 is 1.45 bits per heavy atom. The summed E-state index contributed by atoms with van der Waals surface area (Å²) < 4.78 is 9.64. The first-order chi connectivity index (χ1) is 10.6. The summed E-state index contributed by atoms with van der Waals surface area (Å²) in [5.41, 5.74) is 0.689. The number of rotatable bonds is 3. The maximum atomic E-state index is 12.4. The Labute approximate surface area is 137 Å². The SMILES string of the molecule is Cc1nnsc1C(=O)N1CCC(Oc2ncccc2Cl)CC1. The number of ether oxygens (including phenoxy) is 1. The van der Waals surface area contributed by atoms with E-state index in [2.05, 4.69) is 14.6 Å². The number of aryl methyl sites for hydroxylation is 1. The van der Waals surface area contributed by atoms with Gasteiger partial charge in [0.15, 0.2) is 0 Å². The van der Waals surface area contributed by atoms with Crippen molar-refractivity contribution in [1.29, 1.82) is 0 Å². The lowest BCUT2D eigenvalue weighted by atomic mass is 10.1. The number of nitrogens with zero attached hydrogens (tertiary/aromatic N) is 4. The van der Waals surface area contributed by atoms with Gasteiger partial charge in [0.2, 0.25) is 5.88 Å². The summed E-state index contributed by atoms with van der Waals surface area (Å²) >= 11 is 7.19. The van der Waals surface area contributed by atoms with Crippen LogP contribution in [0.2, 0.25) is 5.02 Å². The molecule has 22 heavy (non-hydrogen) atoms. The number of carbonyl (C=O) groups excluding carboxylic acids is 1. The highest BCUT2D eigenvalue weighted by atomic mass is 35.5. The quantitative estimate of drug-likeness (QED) is 0.860. The molecule has 1 aliphatic heterocycles. The molecule has 6 nitrogen and oxygen atoms in total. The highest BCUT2D eigenvalue weighted by Gasteiger charge is 2.27. The van der Waals surface area contributed by atoms with Gasteiger partial charge in [-0.15, -0.1) is 5.10 Å². The molecule has 1 aliphatic rings. The van der Waals surface area contributed by atoms with E-state index < -0.39 is 0 Å². The Morgan fingerprint density at radius 3 is 2.86 bits per heavy atom. The van der Waals surface area contributed by atoms with Gasteiger partial charge in [-0.3, -0.25) is 4.79 Å². The van der Waals surface area contributed by atoms with Crippen LogP contribution in [0.25, 0.3) is 0 Å². The molecular formula is C14H15ClN4O2S. The number of pyridine rings is 1. The third kappa shape index (κ3) is 3.20. The summed E-state index contributed by atoms with van der Waals surface area (Å²) in [6.07, 6.45) is 3.19. The summed E-state index contributed by atoms with van der Waals surface area (Å²) in [6, 6.07) is 3.52. The van der Waals surface area contributed by atoms with E-state index in [9.17, 15) is 4.79 Å². The van der Waals surface area contributed by atoms with Crippen LogP contribution in [0.4, 0.5) is 0 Å². The van der Waals surface area contributed by atoms with Gasteiger partial charge in [-0.25, -0.2) is 4.98 Å². The van der Waals surface area contributed by atoms with Crippen molar-refractivity contribution in [2.45, 2.75) is 25.9 Å². The zero-order chi connectivity index (χ0) is 15.5. The second-order valence-electron chi connectivity index (χ2n) is 5.09. The van der Waals surface area contributed by atoms with E-state index in [4.69, 9.17) is 16.3 Å². The lowest BCUT2D eigenvalue weighted by Gasteiger charge is -2.31. The van der Waals surface area contributed by atoms with Gasteiger partial charge in [0.05, 0.1) is 5.69 Å². The number of carbonyl (C=O) groups is 1. The van der Waals surface area contributed by atoms with Crippen LogP contribution in [0.5, 0.6) is 5.88 Å². The fourth-order valence-electron chi connectivity index (χ4n) is 2.36. The fourth-order valence-corrected chi connectivity index (χ4v) is 3.16. The van der Waals surface area contributed by atoms with Crippen molar-refractivity contribution in [3.05, 3.63) is 33.9 Å². The molecule has 0 aliphatic carbocycles. The number of likely N-dealkylation sites (tertiary alicyclic amines) is 1. The Hall–Kier alpha value is -1.73. The number of aromatic nitrogens is 3. The molecular weight excluding hydrogens is 324 g/mol. The van der Waals surface area contributed by atoms with E-state index in [1.54, 1.807) is 25.3 Å². The molecule has 3 rings (SSSR count). The first-order valence-electron chi connectivity index (χ1n) is 7.00. The Balaban J connectivity index is 1.58. The maximum Gasteiger partial charge on any atom is 0.267 e. The molecule has 1 saturated heterocycles. The first kappa shape index (κ1) is 15.2. The van der Waals surface area contributed by atoms with Crippen molar-refractivity contribution in [2.75, 3.05) is 13.1 Å². The van der Waals surface area contributed by atoms with Gasteiger partial charge in [0.1, 0.15) is 16.0 Å². The minimum Gasteiger partial charge on any atom is -0.473 e. The molecule has 2 aromatic rings. The molecule has 116 valence electrons. The lowest BCUT2D eigenvalue weighted by Crippen LogP contribution is -2.41. The van der Waals surface area contributed by atoms with Gasteiger partial charge < -0.3 is 9.64 Å². The minimum absolute atomic E-state index is 0.00168. The van der Waals surface area contributed by atoms with E-state index >= 15 is 0 Å². The van der Waals surface area contributed by atoms with E-state index in [0.29, 0.717) is 34.6 Å². The number of halogens is 1. The van der Waals surface area contributed by atoms with Crippen LogP contribution in [0.3, 0.4) is 0 Å². The average Bonchev–Trinajstić information content (AvgIpc) is 2.96. The molecule has 0 saturated carbocycles. The average molecular weight is 339 g/mol. The van der Waals surface area contributed by atoms with E-state index in [-0.39, 0.29) is 12.0 Å². The summed E-state index contributed by atoms with van der Waals surface area (Å²) in [6.45, 7) is 3.09. The highest BCUT2D eigenvalue weighted by molar-refractivity contribution is 7.07. The zero-order valence-corrected chi connectivity index (χ0v) is 13.6. The van der Waals surface area contributed by atoms with E-state index in [1.165, 1.54) is 0 Å². The van der Waals surface area contributed by atoms with E-state index in [0.717, 1.165) is 24.4 Å². The number of amides is 1. The molecule has 0 spiro atoms. The molecule has 0 radical (unpaired) electrons. The van der Waals surface area contributed by atoms with Crippen LogP contribution >= 0.6 is 23.1 Å². The van der Waals surface area contributed by atoms with Crippen LogP contribution in [0, 0.1) is 6.92 Å². The Morgan fingerprint density at radius 2 is 2.23 bits per heavy atom. The van der Waals surface area contributed by atoms with Gasteiger partial charge in [-0.2, -0.15) is 0 Å². The highest BCUT2D eigenvalue weighted by Crippen LogP contribution is 2.25. The summed E-state index contributed by atoms with van der Waals surface area (Å²) in [5.74, 6) is 0.457. The molecule has 0 aromatic carbocycles. The van der Waals surface area contributed by atoms with Crippen molar-refractivity contribution in [1.82, 2.24) is 19.5 Å². The third-order valence-corrected chi connectivity index (χ3v) is 4.68. The zero-order valence-electron chi connectivity index (χ0n) is 12.0. The summed E-state index contributed by atoms with van der Waals surface area (Å²) in [7, 11) is 0. The predicted molar refractivity (Wildman–Crippen MR) is 83.4 cm³/mol. The predicted octanol–water partition coefficient (Wildman–Crippen LogP) is 2.58. The van der Waals surface area contributed by atoms with Crippen molar-refractivity contribution in [3.8, 4) is 5.88 Å². The van der Waals surface area contributed by atoms with Gasteiger partial charge >= 0.3 is 0 Å². The van der Waals surface area contributed by atoms with E-state index in [1.807, 2.05) is 4.90 Å². The standard InChI is InChI=1S/C14H15ClN4O2S/c1-9-12(22-18-17-9)14(20)19-7-4-10(5-8-19)21-13-11(15)3-2-6-16-13/h2-3,6,10H,4-5,7-8H2,1H3. The van der Waals surface area contributed by atoms with Gasteiger partial charge in [0, 0.05) is 32.1 Å². The first-order valence-corrected chi connectivity index (χ1v) is 8.15. The van der Waals surface area contributed by atoms with Gasteiger partial charge in [-0.05, 0) is 30.6 Å². The smallest absolute Gasteiger partial charge is 0.267 e. The topological polar surface area (TPSA) is 68.2 Å². The van der Waals surface area contributed by atoms with Crippen LogP contribution in [0.15, 0.2) is 18.3 Å². The fraction of sp³-hybridized carbons (Fsp3) is 0.429. The molecule has 2 aromatic heterocycles. The monoisotopic (exact) mass is 338 g/mol. The molecule has 1 fully saturated rings. The Bertz CT molecular complexity index is 670. The van der Waals surface area contributed by atoms with Crippen LogP contribution in [0.1, 0.15) is 28.2 Å². The molecule has 0 bridgehead atoms. The largest absolute Gasteiger partial charge is 0.473 e. The van der Waals surface area contributed by atoms with Crippen molar-refractivity contribution < 1.29 is 9.53 Å². The number of hydrogen-bond donors (Lipinski definition) is 0. The second kappa shape index (κ2) is 6.58. The van der Waals surface area contributed by atoms with Crippen molar-refractivity contribution >= 4 is 29.0 Å². The third-order valence-electron chi connectivity index (χ3n) is 3.58. The van der Waals surface area contributed by atoms with Gasteiger partial charge in [-0.1, -0.05) is 16.1 Å². The van der Waals surface area contributed by atoms with Crippen molar-refractivity contribution in [2.24, 2.45) is 0 Å². The molecule has 0 N–H and O–H groups in total. The molecule has 0 atom stereocenters. The van der Waals surface area contributed by atoms with Crippen molar-refractivity contribution in [3.63, 3.8) is 0 Å². The molecule has 3 heterocycles. The Kier molecular flexibility index (Phi) is 4.54. The second-order valence-corrected chi connectivity index (χ2v) is 6.25. The molecule has 1 amide bonds. The number of piperidine rings is 1. The van der Waals surface area contributed by atoms with Gasteiger partial charge in [0.25, 0.3) is 5.91 Å². The maximum absolute atomic E-state index is 12.4. The van der Waals surface area contributed by atoms with Crippen LogP contribution in [-0.2, 0) is 0 Å². The minimum atomic E-state index is 0.00168. The normalized spacial score (nSPS) is 15.8. The molecule has 8 heteroatoms. The van der Waals surface area contributed by atoms with Crippen LogP contribution < -0.4 is 4.74 Å². The summed E-state index contributed by atoms with van der Waals surface area (Å²) in [4.78, 5) is 19.0.